The van der Waals surface area contributed by atoms with Crippen molar-refractivity contribution >= 4 is 11.6 Å². The monoisotopic (exact) mass is 257 g/mol. The van der Waals surface area contributed by atoms with Gasteiger partial charge >= 0.3 is 0 Å². The minimum atomic E-state index is -0.191. The van der Waals surface area contributed by atoms with Gasteiger partial charge in [-0.05, 0) is 25.0 Å². The van der Waals surface area contributed by atoms with Crippen molar-refractivity contribution in [2.75, 3.05) is 5.73 Å². The fourth-order valence-electron chi connectivity index (χ4n) is 2.01. The number of nitrogen functional groups attached to an aromatic ring is 1. The van der Waals surface area contributed by atoms with E-state index in [1.54, 1.807) is 30.6 Å². The third kappa shape index (κ3) is 2.42. The SMILES string of the molecule is Nc1ccccc1C(=O)NCc1nncn1C1CC1. The Bertz CT molecular complexity index is 603. The van der Waals surface area contributed by atoms with Gasteiger partial charge in [-0.3, -0.25) is 4.79 Å². The van der Waals surface area contributed by atoms with Gasteiger partial charge in [-0.15, -0.1) is 10.2 Å². The zero-order valence-corrected chi connectivity index (χ0v) is 10.4. The highest BCUT2D eigenvalue weighted by atomic mass is 16.1. The van der Waals surface area contributed by atoms with Gasteiger partial charge < -0.3 is 15.6 Å². The molecule has 0 spiro atoms. The van der Waals surface area contributed by atoms with Crippen molar-refractivity contribution in [2.24, 2.45) is 0 Å². The maximum Gasteiger partial charge on any atom is 0.253 e. The van der Waals surface area contributed by atoms with E-state index in [1.165, 1.54) is 0 Å². The van der Waals surface area contributed by atoms with E-state index in [0.29, 0.717) is 23.8 Å². The molecule has 0 radical (unpaired) electrons. The van der Waals surface area contributed by atoms with E-state index in [-0.39, 0.29) is 5.91 Å². The van der Waals surface area contributed by atoms with Crippen molar-refractivity contribution in [1.82, 2.24) is 20.1 Å². The van der Waals surface area contributed by atoms with Gasteiger partial charge in [0.25, 0.3) is 5.91 Å². The number of para-hydroxylation sites is 1. The van der Waals surface area contributed by atoms with Crippen molar-refractivity contribution < 1.29 is 4.79 Å². The molecule has 6 heteroatoms. The Kier molecular flexibility index (Phi) is 2.91. The molecule has 1 amide bonds. The normalized spacial score (nSPS) is 14.3. The van der Waals surface area contributed by atoms with Gasteiger partial charge in [-0.1, -0.05) is 12.1 Å². The maximum atomic E-state index is 12.0. The minimum Gasteiger partial charge on any atom is -0.398 e. The van der Waals surface area contributed by atoms with Gasteiger partial charge in [0.05, 0.1) is 12.1 Å². The Labute approximate surface area is 110 Å². The number of carbonyl (C=O) groups is 1. The quantitative estimate of drug-likeness (QED) is 0.804. The molecule has 0 saturated heterocycles. The van der Waals surface area contributed by atoms with Gasteiger partial charge in [0.1, 0.15) is 6.33 Å². The van der Waals surface area contributed by atoms with Gasteiger partial charge in [0.15, 0.2) is 5.82 Å². The van der Waals surface area contributed by atoms with Gasteiger partial charge in [0.2, 0.25) is 0 Å². The number of nitrogens with one attached hydrogen (secondary N) is 1. The number of aromatic nitrogens is 3. The molecule has 98 valence electrons. The summed E-state index contributed by atoms with van der Waals surface area (Å²) in [5, 5.41) is 10.7. The van der Waals surface area contributed by atoms with Crippen LogP contribution < -0.4 is 11.1 Å². The number of rotatable bonds is 4. The summed E-state index contributed by atoms with van der Waals surface area (Å²) in [7, 11) is 0. The molecule has 2 aromatic rings. The van der Waals surface area contributed by atoms with Crippen LogP contribution in [0.1, 0.15) is 35.1 Å². The second-order valence-corrected chi connectivity index (χ2v) is 4.66. The second kappa shape index (κ2) is 4.72. The summed E-state index contributed by atoms with van der Waals surface area (Å²) >= 11 is 0. The Morgan fingerprint density at radius 2 is 2.21 bits per heavy atom. The van der Waals surface area contributed by atoms with E-state index < -0.39 is 0 Å². The standard InChI is InChI=1S/C13H15N5O/c14-11-4-2-1-3-10(11)13(19)15-7-12-17-16-8-18(12)9-5-6-9/h1-4,8-9H,5-7,14H2,(H,15,19). The third-order valence-corrected chi connectivity index (χ3v) is 3.20. The lowest BCUT2D eigenvalue weighted by molar-refractivity contribution is 0.0950. The van der Waals surface area contributed by atoms with Crippen molar-refractivity contribution in [3.63, 3.8) is 0 Å². The molecule has 1 heterocycles. The number of hydrogen-bond donors (Lipinski definition) is 2. The zero-order valence-electron chi connectivity index (χ0n) is 10.4. The summed E-state index contributed by atoms with van der Waals surface area (Å²) in [5.41, 5.74) is 6.73. The summed E-state index contributed by atoms with van der Waals surface area (Å²) in [5.74, 6) is 0.591. The maximum absolute atomic E-state index is 12.0. The van der Waals surface area contributed by atoms with Crippen molar-refractivity contribution in [1.29, 1.82) is 0 Å². The number of anilines is 1. The molecule has 3 rings (SSSR count). The lowest BCUT2D eigenvalue weighted by Gasteiger charge is -2.08. The van der Waals surface area contributed by atoms with Crippen LogP contribution >= 0.6 is 0 Å². The molecule has 1 aliphatic rings. The summed E-state index contributed by atoms with van der Waals surface area (Å²) in [6.45, 7) is 0.365. The molecular formula is C13H15N5O. The second-order valence-electron chi connectivity index (χ2n) is 4.66. The van der Waals surface area contributed by atoms with Crippen molar-refractivity contribution in [3.8, 4) is 0 Å². The van der Waals surface area contributed by atoms with E-state index in [0.717, 1.165) is 18.7 Å². The van der Waals surface area contributed by atoms with E-state index in [9.17, 15) is 4.79 Å². The molecule has 0 atom stereocenters. The molecule has 19 heavy (non-hydrogen) atoms. The Hall–Kier alpha value is -2.37. The number of benzene rings is 1. The number of amides is 1. The molecule has 1 saturated carbocycles. The van der Waals surface area contributed by atoms with Crippen LogP contribution in [-0.2, 0) is 6.54 Å². The summed E-state index contributed by atoms with van der Waals surface area (Å²) in [6, 6.07) is 7.51. The fraction of sp³-hybridized carbons (Fsp3) is 0.308. The average molecular weight is 257 g/mol. The Balaban J connectivity index is 1.67. The molecule has 0 bridgehead atoms. The van der Waals surface area contributed by atoms with Crippen LogP contribution in [0.25, 0.3) is 0 Å². The zero-order chi connectivity index (χ0) is 13.2. The summed E-state index contributed by atoms with van der Waals surface area (Å²) < 4.78 is 2.02. The van der Waals surface area contributed by atoms with E-state index in [2.05, 4.69) is 15.5 Å². The van der Waals surface area contributed by atoms with Gasteiger partial charge in [-0.2, -0.15) is 0 Å². The number of nitrogens with zero attached hydrogens (tertiary/aromatic N) is 3. The number of carbonyl (C=O) groups excluding carboxylic acids is 1. The first kappa shape index (κ1) is 11.7. The Morgan fingerprint density at radius 3 is 2.95 bits per heavy atom. The minimum absolute atomic E-state index is 0.191. The van der Waals surface area contributed by atoms with Crippen molar-refractivity contribution in [2.45, 2.75) is 25.4 Å². The summed E-state index contributed by atoms with van der Waals surface area (Å²) in [6.07, 6.45) is 4.03. The highest BCUT2D eigenvalue weighted by molar-refractivity contribution is 5.98. The Morgan fingerprint density at radius 1 is 1.42 bits per heavy atom. The first-order chi connectivity index (χ1) is 9.25. The molecule has 1 aromatic heterocycles. The van der Waals surface area contributed by atoms with E-state index in [4.69, 9.17) is 5.73 Å². The van der Waals surface area contributed by atoms with Gasteiger partial charge in [-0.25, -0.2) is 0 Å². The predicted molar refractivity (Wildman–Crippen MR) is 70.3 cm³/mol. The van der Waals surface area contributed by atoms with E-state index >= 15 is 0 Å². The van der Waals surface area contributed by atoms with Crippen LogP contribution in [0, 0.1) is 0 Å². The van der Waals surface area contributed by atoms with Crippen LogP contribution in [0.4, 0.5) is 5.69 Å². The average Bonchev–Trinajstić information content (AvgIpc) is 3.15. The van der Waals surface area contributed by atoms with E-state index in [1.807, 2.05) is 4.57 Å². The molecule has 1 aromatic carbocycles. The number of hydrogen-bond acceptors (Lipinski definition) is 4. The molecular weight excluding hydrogens is 242 g/mol. The molecule has 1 aliphatic carbocycles. The highest BCUT2D eigenvalue weighted by Gasteiger charge is 2.26. The molecule has 0 unspecified atom stereocenters. The largest absolute Gasteiger partial charge is 0.398 e. The van der Waals surface area contributed by atoms with Gasteiger partial charge in [0, 0.05) is 11.7 Å². The number of nitrogens with two attached hydrogens (primary N) is 1. The summed E-state index contributed by atoms with van der Waals surface area (Å²) in [4.78, 5) is 12.0. The molecule has 6 nitrogen and oxygen atoms in total. The molecule has 1 fully saturated rings. The van der Waals surface area contributed by atoms with Crippen molar-refractivity contribution in [3.05, 3.63) is 42.0 Å². The molecule has 0 aliphatic heterocycles. The first-order valence-corrected chi connectivity index (χ1v) is 6.27. The third-order valence-electron chi connectivity index (χ3n) is 3.20. The van der Waals surface area contributed by atoms with Crippen LogP contribution in [-0.4, -0.2) is 20.7 Å². The van der Waals surface area contributed by atoms with Crippen LogP contribution in [0.2, 0.25) is 0 Å². The smallest absolute Gasteiger partial charge is 0.253 e. The van der Waals surface area contributed by atoms with Crippen LogP contribution in [0.5, 0.6) is 0 Å². The van der Waals surface area contributed by atoms with Crippen LogP contribution in [0.15, 0.2) is 30.6 Å². The first-order valence-electron chi connectivity index (χ1n) is 6.27. The lowest BCUT2D eigenvalue weighted by atomic mass is 10.1. The lowest BCUT2D eigenvalue weighted by Crippen LogP contribution is -2.25. The highest BCUT2D eigenvalue weighted by Crippen LogP contribution is 2.35. The fourth-order valence-corrected chi connectivity index (χ4v) is 2.01. The predicted octanol–water partition coefficient (Wildman–Crippen LogP) is 1.13. The topological polar surface area (TPSA) is 85.8 Å². The van der Waals surface area contributed by atoms with Crippen LogP contribution in [0.3, 0.4) is 0 Å². The molecule has 3 N–H and O–H groups in total.